The molecule has 136 valence electrons. The Bertz CT molecular complexity index is 787. The maximum atomic E-state index is 14.0. The molecule has 0 spiro atoms. The van der Waals surface area contributed by atoms with Gasteiger partial charge in [0.15, 0.2) is 0 Å². The summed E-state index contributed by atoms with van der Waals surface area (Å²) in [5.41, 5.74) is 3.25. The van der Waals surface area contributed by atoms with E-state index in [0.29, 0.717) is 24.7 Å². The van der Waals surface area contributed by atoms with Crippen LogP contribution in [-0.4, -0.2) is 23.4 Å². The van der Waals surface area contributed by atoms with Crippen LogP contribution in [0.2, 0.25) is 0 Å². The lowest BCUT2D eigenvalue weighted by Gasteiger charge is -2.28. The fourth-order valence-corrected chi connectivity index (χ4v) is 3.93. The Kier molecular flexibility index (Phi) is 5.02. The molecule has 0 bridgehead atoms. The molecular weight excluding hydrogens is 327 g/mol. The van der Waals surface area contributed by atoms with Crippen LogP contribution in [0.4, 0.5) is 4.39 Å². The molecule has 0 aromatic heterocycles. The fraction of sp³-hybridized carbons (Fsp3) is 0.409. The first-order valence-corrected chi connectivity index (χ1v) is 9.55. The zero-order valence-electron chi connectivity index (χ0n) is 15.0. The molecule has 3 nitrogen and oxygen atoms in total. The van der Waals surface area contributed by atoms with Crippen molar-refractivity contribution in [2.45, 2.75) is 50.7 Å². The summed E-state index contributed by atoms with van der Waals surface area (Å²) < 4.78 is 14.0. The minimum atomic E-state index is -0.195. The second-order valence-corrected chi connectivity index (χ2v) is 7.44. The van der Waals surface area contributed by atoms with E-state index in [-0.39, 0.29) is 17.8 Å². The molecule has 2 aliphatic carbocycles. The highest BCUT2D eigenvalue weighted by Gasteiger charge is 2.31. The number of fused-ring (bicyclic) bond motifs is 1. The molecule has 26 heavy (non-hydrogen) atoms. The maximum Gasteiger partial charge on any atom is 0.234 e. The lowest BCUT2D eigenvalue weighted by molar-refractivity contribution is -0.123. The van der Waals surface area contributed by atoms with E-state index in [4.69, 9.17) is 0 Å². The zero-order chi connectivity index (χ0) is 17.9. The van der Waals surface area contributed by atoms with Gasteiger partial charge in [-0.3, -0.25) is 9.69 Å². The van der Waals surface area contributed by atoms with Gasteiger partial charge in [0.05, 0.1) is 12.6 Å². The van der Waals surface area contributed by atoms with Gasteiger partial charge < -0.3 is 5.32 Å². The zero-order valence-corrected chi connectivity index (χ0v) is 15.0. The molecule has 2 aromatic rings. The van der Waals surface area contributed by atoms with Gasteiger partial charge >= 0.3 is 0 Å². The Hall–Kier alpha value is -2.20. The van der Waals surface area contributed by atoms with Crippen LogP contribution < -0.4 is 5.32 Å². The van der Waals surface area contributed by atoms with Crippen LogP contribution in [0.1, 0.15) is 48.4 Å². The lowest BCUT2D eigenvalue weighted by Crippen LogP contribution is -2.40. The van der Waals surface area contributed by atoms with Crippen molar-refractivity contribution < 1.29 is 9.18 Å². The number of aryl methyl sites for hydroxylation is 1. The summed E-state index contributed by atoms with van der Waals surface area (Å²) in [6.07, 6.45) is 5.36. The molecule has 1 fully saturated rings. The van der Waals surface area contributed by atoms with Crippen molar-refractivity contribution in [1.82, 2.24) is 10.2 Å². The molecule has 0 aliphatic heterocycles. The van der Waals surface area contributed by atoms with Crippen molar-refractivity contribution in [1.29, 1.82) is 0 Å². The molecule has 4 heteroatoms. The smallest absolute Gasteiger partial charge is 0.234 e. The number of carbonyl (C=O) groups excluding carboxylic acids is 1. The van der Waals surface area contributed by atoms with Crippen molar-refractivity contribution in [2.24, 2.45) is 0 Å². The highest BCUT2D eigenvalue weighted by Crippen LogP contribution is 2.31. The molecule has 2 aromatic carbocycles. The summed E-state index contributed by atoms with van der Waals surface area (Å²) >= 11 is 0. The molecule has 0 radical (unpaired) electrons. The van der Waals surface area contributed by atoms with Gasteiger partial charge in [-0.25, -0.2) is 4.39 Å². The predicted molar refractivity (Wildman–Crippen MR) is 100 cm³/mol. The van der Waals surface area contributed by atoms with Crippen molar-refractivity contribution in [3.05, 3.63) is 71.0 Å². The number of benzene rings is 2. The van der Waals surface area contributed by atoms with Crippen LogP contribution in [0, 0.1) is 5.82 Å². The maximum absolute atomic E-state index is 14.0. The molecule has 1 amide bonds. The normalized spacial score (nSPS) is 19.2. The van der Waals surface area contributed by atoms with E-state index >= 15 is 0 Å². The Morgan fingerprint density at radius 1 is 1.08 bits per heavy atom. The van der Waals surface area contributed by atoms with E-state index in [1.165, 1.54) is 17.2 Å². The summed E-state index contributed by atoms with van der Waals surface area (Å²) in [7, 11) is 0. The van der Waals surface area contributed by atoms with Gasteiger partial charge in [0, 0.05) is 18.2 Å². The Morgan fingerprint density at radius 2 is 1.85 bits per heavy atom. The number of carbonyl (C=O) groups is 1. The van der Waals surface area contributed by atoms with Gasteiger partial charge in [-0.2, -0.15) is 0 Å². The number of rotatable bonds is 6. The standard InChI is InChI=1S/C22H25FN2O/c23-20-10-4-2-7-17(20)14-25(18-12-13-18)15-22(26)24-21-11-5-8-16-6-1-3-9-19(16)21/h1-4,6-7,9-10,18,21H,5,8,11-15H2,(H,24,26)/t21-/m1/s1. The molecule has 1 saturated carbocycles. The minimum Gasteiger partial charge on any atom is -0.348 e. The largest absolute Gasteiger partial charge is 0.348 e. The summed E-state index contributed by atoms with van der Waals surface area (Å²) in [6, 6.07) is 15.7. The quantitative estimate of drug-likeness (QED) is 0.853. The molecule has 1 atom stereocenters. The Labute approximate surface area is 154 Å². The van der Waals surface area contributed by atoms with E-state index in [2.05, 4.69) is 28.4 Å². The van der Waals surface area contributed by atoms with Gasteiger partial charge in [-0.15, -0.1) is 0 Å². The summed E-state index contributed by atoms with van der Waals surface area (Å²) in [5, 5.41) is 3.21. The third-order valence-corrected chi connectivity index (χ3v) is 5.45. The first-order valence-electron chi connectivity index (χ1n) is 9.55. The molecule has 0 heterocycles. The fourth-order valence-electron chi connectivity index (χ4n) is 3.93. The van der Waals surface area contributed by atoms with Crippen LogP contribution in [-0.2, 0) is 17.8 Å². The second-order valence-electron chi connectivity index (χ2n) is 7.44. The number of hydrogen-bond acceptors (Lipinski definition) is 2. The Morgan fingerprint density at radius 3 is 2.65 bits per heavy atom. The van der Waals surface area contributed by atoms with E-state index < -0.39 is 0 Å². The third-order valence-electron chi connectivity index (χ3n) is 5.45. The van der Waals surface area contributed by atoms with Crippen molar-refractivity contribution in [2.75, 3.05) is 6.54 Å². The molecule has 1 N–H and O–H groups in total. The molecule has 2 aliphatic rings. The van der Waals surface area contributed by atoms with Gasteiger partial charge in [0.2, 0.25) is 5.91 Å². The van der Waals surface area contributed by atoms with E-state index in [0.717, 1.165) is 32.1 Å². The Balaban J connectivity index is 1.41. The average Bonchev–Trinajstić information content (AvgIpc) is 3.48. The van der Waals surface area contributed by atoms with Gasteiger partial charge in [-0.1, -0.05) is 42.5 Å². The summed E-state index contributed by atoms with van der Waals surface area (Å²) in [4.78, 5) is 14.8. The molecule has 4 rings (SSSR count). The van der Waals surface area contributed by atoms with E-state index in [1.807, 2.05) is 12.1 Å². The SMILES string of the molecule is O=C(CN(Cc1ccccc1F)C1CC1)N[C@@H]1CCCc2ccccc21. The van der Waals surface area contributed by atoms with Crippen LogP contribution >= 0.6 is 0 Å². The number of hydrogen-bond donors (Lipinski definition) is 1. The number of amides is 1. The van der Waals surface area contributed by atoms with Gasteiger partial charge in [0.1, 0.15) is 5.82 Å². The number of halogens is 1. The molecule has 0 saturated heterocycles. The highest BCUT2D eigenvalue weighted by molar-refractivity contribution is 5.78. The first-order chi connectivity index (χ1) is 12.7. The summed E-state index contributed by atoms with van der Waals surface area (Å²) in [5.74, 6) is -0.158. The second kappa shape index (κ2) is 7.58. The first kappa shape index (κ1) is 17.2. The minimum absolute atomic E-state index is 0.0370. The van der Waals surface area contributed by atoms with Crippen LogP contribution in [0.3, 0.4) is 0 Å². The number of nitrogens with zero attached hydrogens (tertiary/aromatic N) is 1. The summed E-state index contributed by atoms with van der Waals surface area (Å²) in [6.45, 7) is 0.823. The van der Waals surface area contributed by atoms with E-state index in [1.54, 1.807) is 12.1 Å². The topological polar surface area (TPSA) is 32.3 Å². The highest BCUT2D eigenvalue weighted by atomic mass is 19.1. The van der Waals surface area contributed by atoms with Gasteiger partial charge in [0.25, 0.3) is 0 Å². The van der Waals surface area contributed by atoms with E-state index in [9.17, 15) is 9.18 Å². The van der Waals surface area contributed by atoms with Crippen LogP contribution in [0.5, 0.6) is 0 Å². The third kappa shape index (κ3) is 3.96. The van der Waals surface area contributed by atoms with Crippen molar-refractivity contribution >= 4 is 5.91 Å². The monoisotopic (exact) mass is 352 g/mol. The predicted octanol–water partition coefficient (Wildman–Crippen LogP) is 3.98. The molecular formula is C22H25FN2O. The number of nitrogens with one attached hydrogen (secondary N) is 1. The van der Waals surface area contributed by atoms with Crippen molar-refractivity contribution in [3.63, 3.8) is 0 Å². The average molecular weight is 352 g/mol. The molecule has 0 unspecified atom stereocenters. The van der Waals surface area contributed by atoms with Crippen LogP contribution in [0.15, 0.2) is 48.5 Å². The van der Waals surface area contributed by atoms with Crippen molar-refractivity contribution in [3.8, 4) is 0 Å². The van der Waals surface area contributed by atoms with Crippen LogP contribution in [0.25, 0.3) is 0 Å². The lowest BCUT2D eigenvalue weighted by atomic mass is 9.88. The van der Waals surface area contributed by atoms with Gasteiger partial charge in [-0.05, 0) is 49.3 Å².